The molecule has 3 heteroatoms. The van der Waals surface area contributed by atoms with Gasteiger partial charge in [-0.1, -0.05) is 24.3 Å². The molecule has 0 amide bonds. The fourth-order valence-corrected chi connectivity index (χ4v) is 2.21. The molecule has 0 radical (unpaired) electrons. The van der Waals surface area contributed by atoms with Gasteiger partial charge in [-0.2, -0.15) is 0 Å². The van der Waals surface area contributed by atoms with Crippen molar-refractivity contribution in [1.82, 2.24) is 0 Å². The van der Waals surface area contributed by atoms with Crippen LogP contribution in [-0.2, 0) is 15.9 Å². The molecule has 1 aliphatic heterocycles. The third-order valence-corrected chi connectivity index (χ3v) is 3.06. The van der Waals surface area contributed by atoms with Crippen molar-refractivity contribution in [3.05, 3.63) is 35.4 Å². The zero-order valence-electron chi connectivity index (χ0n) is 10.6. The Labute approximate surface area is 103 Å². The minimum absolute atomic E-state index is 0.0546. The van der Waals surface area contributed by atoms with Gasteiger partial charge in [-0.3, -0.25) is 0 Å². The van der Waals surface area contributed by atoms with Gasteiger partial charge in [0, 0.05) is 0 Å². The number of nitrogens with two attached hydrogens (primary N) is 1. The lowest BCUT2D eigenvalue weighted by molar-refractivity contribution is -0.139. The zero-order chi connectivity index (χ0) is 12.3. The Balaban J connectivity index is 2.15. The lowest BCUT2D eigenvalue weighted by Crippen LogP contribution is -2.19. The van der Waals surface area contributed by atoms with Crippen LogP contribution in [0.25, 0.3) is 0 Å². The van der Waals surface area contributed by atoms with Crippen LogP contribution in [0.4, 0.5) is 0 Å². The van der Waals surface area contributed by atoms with Crippen LogP contribution in [0, 0.1) is 0 Å². The molecule has 0 saturated carbocycles. The fraction of sp³-hybridized carbons (Fsp3) is 0.571. The molecule has 0 spiro atoms. The molecule has 0 bridgehead atoms. The molecule has 1 saturated heterocycles. The predicted molar refractivity (Wildman–Crippen MR) is 67.7 cm³/mol. The first-order chi connectivity index (χ1) is 8.12. The summed E-state index contributed by atoms with van der Waals surface area (Å²) in [5.74, 6) is -0.467. The summed E-state index contributed by atoms with van der Waals surface area (Å²) in [6.07, 6.45) is 2.07. The normalized spacial score (nSPS) is 22.9. The maximum Gasteiger partial charge on any atom is 0.163 e. The van der Waals surface area contributed by atoms with E-state index in [0.717, 1.165) is 19.4 Å². The van der Waals surface area contributed by atoms with E-state index in [9.17, 15) is 0 Å². The zero-order valence-corrected chi connectivity index (χ0v) is 10.6. The van der Waals surface area contributed by atoms with Gasteiger partial charge in [-0.05, 0) is 44.4 Å². The second-order valence-electron chi connectivity index (χ2n) is 4.91. The smallest absolute Gasteiger partial charge is 0.163 e. The molecule has 17 heavy (non-hydrogen) atoms. The van der Waals surface area contributed by atoms with Crippen molar-refractivity contribution in [2.45, 2.75) is 38.6 Å². The lowest BCUT2D eigenvalue weighted by atomic mass is 9.99. The van der Waals surface area contributed by atoms with Gasteiger partial charge in [0.15, 0.2) is 5.79 Å². The fourth-order valence-electron chi connectivity index (χ4n) is 2.21. The summed E-state index contributed by atoms with van der Waals surface area (Å²) in [4.78, 5) is 0. The second kappa shape index (κ2) is 5.17. The summed E-state index contributed by atoms with van der Waals surface area (Å²) in [5.41, 5.74) is 8.13. The van der Waals surface area contributed by atoms with Crippen LogP contribution in [0.3, 0.4) is 0 Å². The van der Waals surface area contributed by atoms with E-state index in [2.05, 4.69) is 24.3 Å². The van der Waals surface area contributed by atoms with Crippen LogP contribution < -0.4 is 5.73 Å². The molecule has 1 atom stereocenters. The van der Waals surface area contributed by atoms with E-state index in [1.165, 1.54) is 11.1 Å². The van der Waals surface area contributed by atoms with E-state index < -0.39 is 5.79 Å². The van der Waals surface area contributed by atoms with Crippen LogP contribution in [0.2, 0.25) is 0 Å². The van der Waals surface area contributed by atoms with E-state index in [-0.39, 0.29) is 6.10 Å². The summed E-state index contributed by atoms with van der Waals surface area (Å²) in [6, 6.07) is 8.40. The van der Waals surface area contributed by atoms with Gasteiger partial charge in [-0.25, -0.2) is 0 Å². The molecular formula is C14H21NO2. The van der Waals surface area contributed by atoms with Crippen molar-refractivity contribution in [3.8, 4) is 0 Å². The number of hydrogen-bond donors (Lipinski definition) is 1. The Bertz CT molecular complexity index is 376. The third-order valence-electron chi connectivity index (χ3n) is 3.06. The quantitative estimate of drug-likeness (QED) is 0.871. The Kier molecular flexibility index (Phi) is 3.82. The topological polar surface area (TPSA) is 44.5 Å². The van der Waals surface area contributed by atoms with Crippen LogP contribution in [0.15, 0.2) is 24.3 Å². The van der Waals surface area contributed by atoms with Gasteiger partial charge in [0.05, 0.1) is 6.61 Å². The standard InChI is InChI=1S/C14H21NO2/c1-14(2)16-10-13(17-14)12-8-4-3-6-11(12)7-5-9-15/h3-4,6,8,13H,5,7,9-10,15H2,1-2H3. The minimum atomic E-state index is -0.467. The van der Waals surface area contributed by atoms with Gasteiger partial charge < -0.3 is 15.2 Å². The molecular weight excluding hydrogens is 214 g/mol. The number of ether oxygens (including phenoxy) is 2. The number of hydrogen-bond acceptors (Lipinski definition) is 3. The van der Waals surface area contributed by atoms with Gasteiger partial charge in [0.1, 0.15) is 6.10 Å². The molecule has 3 nitrogen and oxygen atoms in total. The van der Waals surface area contributed by atoms with Crippen molar-refractivity contribution in [3.63, 3.8) is 0 Å². The van der Waals surface area contributed by atoms with E-state index in [1.807, 2.05) is 13.8 Å². The van der Waals surface area contributed by atoms with Gasteiger partial charge in [0.2, 0.25) is 0 Å². The summed E-state index contributed by atoms with van der Waals surface area (Å²) in [6.45, 7) is 5.26. The van der Waals surface area contributed by atoms with E-state index in [0.29, 0.717) is 6.61 Å². The second-order valence-corrected chi connectivity index (χ2v) is 4.91. The Morgan fingerprint density at radius 1 is 1.35 bits per heavy atom. The predicted octanol–water partition coefficient (Wildman–Crippen LogP) is 2.40. The first-order valence-corrected chi connectivity index (χ1v) is 6.22. The van der Waals surface area contributed by atoms with Crippen molar-refractivity contribution < 1.29 is 9.47 Å². The molecule has 2 rings (SSSR count). The van der Waals surface area contributed by atoms with Crippen LogP contribution >= 0.6 is 0 Å². The summed E-state index contributed by atoms with van der Waals surface area (Å²) in [5, 5.41) is 0. The molecule has 1 aromatic rings. The first-order valence-electron chi connectivity index (χ1n) is 6.22. The summed E-state index contributed by atoms with van der Waals surface area (Å²) in [7, 11) is 0. The largest absolute Gasteiger partial charge is 0.347 e. The number of benzene rings is 1. The summed E-state index contributed by atoms with van der Waals surface area (Å²) >= 11 is 0. The van der Waals surface area contributed by atoms with Crippen LogP contribution in [0.1, 0.15) is 37.5 Å². The number of rotatable bonds is 4. The van der Waals surface area contributed by atoms with Crippen molar-refractivity contribution in [2.75, 3.05) is 13.2 Å². The lowest BCUT2D eigenvalue weighted by Gasteiger charge is -2.18. The summed E-state index contributed by atoms with van der Waals surface area (Å²) < 4.78 is 11.5. The van der Waals surface area contributed by atoms with Gasteiger partial charge in [0.25, 0.3) is 0 Å². The van der Waals surface area contributed by atoms with Crippen molar-refractivity contribution >= 4 is 0 Å². The average molecular weight is 235 g/mol. The molecule has 1 fully saturated rings. The third kappa shape index (κ3) is 3.06. The molecule has 1 heterocycles. The van der Waals surface area contributed by atoms with Crippen molar-refractivity contribution in [2.24, 2.45) is 5.73 Å². The molecule has 1 aliphatic rings. The molecule has 94 valence electrons. The average Bonchev–Trinajstić information content (AvgIpc) is 2.67. The Hall–Kier alpha value is -0.900. The molecule has 0 aliphatic carbocycles. The van der Waals surface area contributed by atoms with E-state index in [4.69, 9.17) is 15.2 Å². The monoisotopic (exact) mass is 235 g/mol. The highest BCUT2D eigenvalue weighted by Crippen LogP contribution is 2.34. The van der Waals surface area contributed by atoms with E-state index >= 15 is 0 Å². The molecule has 1 aromatic carbocycles. The highest BCUT2D eigenvalue weighted by Gasteiger charge is 2.34. The molecule has 2 N–H and O–H groups in total. The SMILES string of the molecule is CC1(C)OCC(c2ccccc2CCCN)O1. The Morgan fingerprint density at radius 3 is 2.76 bits per heavy atom. The molecule has 1 unspecified atom stereocenters. The van der Waals surface area contributed by atoms with Gasteiger partial charge >= 0.3 is 0 Å². The molecule has 0 aromatic heterocycles. The maximum absolute atomic E-state index is 5.90. The van der Waals surface area contributed by atoms with Crippen LogP contribution in [-0.4, -0.2) is 18.9 Å². The minimum Gasteiger partial charge on any atom is -0.347 e. The van der Waals surface area contributed by atoms with E-state index in [1.54, 1.807) is 0 Å². The van der Waals surface area contributed by atoms with Crippen LogP contribution in [0.5, 0.6) is 0 Å². The maximum atomic E-state index is 5.90. The highest BCUT2D eigenvalue weighted by atomic mass is 16.7. The highest BCUT2D eigenvalue weighted by molar-refractivity contribution is 5.30. The Morgan fingerprint density at radius 2 is 2.12 bits per heavy atom. The van der Waals surface area contributed by atoms with Crippen molar-refractivity contribution in [1.29, 1.82) is 0 Å². The number of aryl methyl sites for hydroxylation is 1. The first kappa shape index (κ1) is 12.6. The van der Waals surface area contributed by atoms with Gasteiger partial charge in [-0.15, -0.1) is 0 Å².